The molecule has 0 fully saturated rings. The zero-order chi connectivity index (χ0) is 19.4. The molecular weight excluding hydrogens is 362 g/mol. The maximum Gasteiger partial charge on any atom is 0.209 e. The normalized spacial score (nSPS) is 10.5. The number of hydrogen-bond donors (Lipinski definition) is 1. The first-order chi connectivity index (χ1) is 13.1. The van der Waals surface area contributed by atoms with Crippen LogP contribution in [0.15, 0.2) is 53.6 Å². The highest BCUT2D eigenvalue weighted by molar-refractivity contribution is 7.98. The number of rotatable bonds is 7. The highest BCUT2D eigenvalue weighted by atomic mass is 32.2. The number of thioether (sulfide) groups is 1. The average molecular weight is 383 g/mol. The predicted molar refractivity (Wildman–Crippen MR) is 108 cm³/mol. The van der Waals surface area contributed by atoms with E-state index >= 15 is 0 Å². The Kier molecular flexibility index (Phi) is 5.76. The van der Waals surface area contributed by atoms with Crippen LogP contribution in [0.1, 0.15) is 16.1 Å². The number of hydrogen-bond acceptors (Lipinski definition) is 5. The Morgan fingerprint density at radius 2 is 1.63 bits per heavy atom. The summed E-state index contributed by atoms with van der Waals surface area (Å²) in [5.74, 6) is 1.19. The molecule has 0 aliphatic rings. The number of ether oxygens (including phenoxy) is 3. The summed E-state index contributed by atoms with van der Waals surface area (Å²) in [5.41, 5.74) is 2.97. The SMILES string of the molecule is COc1cc(C(=O)c2cc(-c3cccc(SC)c3)c[nH]2)cc(OC)c1OC. The van der Waals surface area contributed by atoms with Gasteiger partial charge in [-0.1, -0.05) is 12.1 Å². The number of carbonyl (C=O) groups is 1. The molecule has 0 radical (unpaired) electrons. The molecule has 0 saturated carbocycles. The van der Waals surface area contributed by atoms with E-state index < -0.39 is 0 Å². The lowest BCUT2D eigenvalue weighted by Crippen LogP contribution is -2.04. The highest BCUT2D eigenvalue weighted by Gasteiger charge is 2.19. The van der Waals surface area contributed by atoms with Crippen molar-refractivity contribution in [3.8, 4) is 28.4 Å². The van der Waals surface area contributed by atoms with E-state index in [9.17, 15) is 4.79 Å². The summed E-state index contributed by atoms with van der Waals surface area (Å²) in [4.78, 5) is 17.2. The molecule has 27 heavy (non-hydrogen) atoms. The van der Waals surface area contributed by atoms with Gasteiger partial charge in [0.15, 0.2) is 11.5 Å². The molecule has 0 spiro atoms. The summed E-state index contributed by atoms with van der Waals surface area (Å²) in [6.45, 7) is 0. The average Bonchev–Trinajstić information content (AvgIpc) is 3.22. The zero-order valence-electron chi connectivity index (χ0n) is 15.7. The van der Waals surface area contributed by atoms with E-state index in [-0.39, 0.29) is 5.78 Å². The number of nitrogens with one attached hydrogen (secondary N) is 1. The van der Waals surface area contributed by atoms with Crippen LogP contribution in [0.3, 0.4) is 0 Å². The fourth-order valence-electron chi connectivity index (χ4n) is 2.86. The van der Waals surface area contributed by atoms with Crippen molar-refractivity contribution in [2.75, 3.05) is 27.6 Å². The van der Waals surface area contributed by atoms with Crippen molar-refractivity contribution in [2.24, 2.45) is 0 Å². The van der Waals surface area contributed by atoms with Crippen LogP contribution in [0.2, 0.25) is 0 Å². The van der Waals surface area contributed by atoms with Gasteiger partial charge >= 0.3 is 0 Å². The van der Waals surface area contributed by atoms with Gasteiger partial charge < -0.3 is 19.2 Å². The minimum absolute atomic E-state index is 0.151. The van der Waals surface area contributed by atoms with Crippen molar-refractivity contribution in [1.82, 2.24) is 4.98 Å². The summed E-state index contributed by atoms with van der Waals surface area (Å²) in [5, 5.41) is 0. The lowest BCUT2D eigenvalue weighted by atomic mass is 10.0. The molecule has 0 aliphatic carbocycles. The molecule has 3 rings (SSSR count). The van der Waals surface area contributed by atoms with Crippen molar-refractivity contribution in [2.45, 2.75) is 4.90 Å². The molecule has 0 saturated heterocycles. The Morgan fingerprint density at radius 1 is 0.926 bits per heavy atom. The van der Waals surface area contributed by atoms with Crippen LogP contribution in [0, 0.1) is 0 Å². The summed E-state index contributed by atoms with van der Waals surface area (Å²) in [6, 6.07) is 13.3. The molecule has 1 heterocycles. The van der Waals surface area contributed by atoms with E-state index in [2.05, 4.69) is 17.1 Å². The van der Waals surface area contributed by atoms with Gasteiger partial charge in [-0.25, -0.2) is 0 Å². The predicted octanol–water partition coefficient (Wildman–Crippen LogP) is 4.66. The van der Waals surface area contributed by atoms with Crippen molar-refractivity contribution >= 4 is 17.5 Å². The lowest BCUT2D eigenvalue weighted by molar-refractivity contribution is 0.103. The van der Waals surface area contributed by atoms with Gasteiger partial charge in [0.1, 0.15) is 0 Å². The molecule has 1 N–H and O–H groups in total. The summed E-state index contributed by atoms with van der Waals surface area (Å²) in [7, 11) is 4.58. The Bertz CT molecular complexity index is 939. The Labute approximate surface area is 162 Å². The third-order valence-corrected chi connectivity index (χ3v) is 4.98. The van der Waals surface area contributed by atoms with E-state index in [1.165, 1.54) is 26.2 Å². The molecule has 6 heteroatoms. The summed E-state index contributed by atoms with van der Waals surface area (Å²) >= 11 is 1.68. The third-order valence-electron chi connectivity index (χ3n) is 4.26. The molecule has 140 valence electrons. The molecule has 2 aromatic carbocycles. The first kappa shape index (κ1) is 18.9. The van der Waals surface area contributed by atoms with Crippen LogP contribution in [0.25, 0.3) is 11.1 Å². The molecule has 1 aromatic heterocycles. The molecule has 5 nitrogen and oxygen atoms in total. The largest absolute Gasteiger partial charge is 0.493 e. The first-order valence-corrected chi connectivity index (χ1v) is 9.51. The lowest BCUT2D eigenvalue weighted by Gasteiger charge is -2.13. The maximum absolute atomic E-state index is 13.0. The fourth-order valence-corrected chi connectivity index (χ4v) is 3.32. The number of aromatic nitrogens is 1. The van der Waals surface area contributed by atoms with Gasteiger partial charge in [-0.3, -0.25) is 4.79 Å². The van der Waals surface area contributed by atoms with Gasteiger partial charge in [-0.15, -0.1) is 11.8 Å². The summed E-state index contributed by atoms with van der Waals surface area (Å²) < 4.78 is 16.0. The first-order valence-electron chi connectivity index (χ1n) is 8.28. The van der Waals surface area contributed by atoms with Crippen molar-refractivity contribution < 1.29 is 19.0 Å². The number of aromatic amines is 1. The number of benzene rings is 2. The minimum Gasteiger partial charge on any atom is -0.493 e. The van der Waals surface area contributed by atoms with Gasteiger partial charge in [-0.2, -0.15) is 0 Å². The van der Waals surface area contributed by atoms with Crippen molar-refractivity contribution in [3.05, 3.63) is 59.9 Å². The maximum atomic E-state index is 13.0. The molecule has 0 aliphatic heterocycles. The van der Waals surface area contributed by atoms with Gasteiger partial charge in [0.2, 0.25) is 11.5 Å². The molecule has 0 amide bonds. The van der Waals surface area contributed by atoms with Crippen LogP contribution in [0.5, 0.6) is 17.2 Å². The molecule has 0 bridgehead atoms. The van der Waals surface area contributed by atoms with Crippen LogP contribution >= 0.6 is 11.8 Å². The van der Waals surface area contributed by atoms with E-state index in [0.29, 0.717) is 28.5 Å². The number of methoxy groups -OCH3 is 3. The Morgan fingerprint density at radius 3 is 2.22 bits per heavy atom. The molecular formula is C21H21NO4S. The van der Waals surface area contributed by atoms with Gasteiger partial charge in [-0.05, 0) is 47.7 Å². The van der Waals surface area contributed by atoms with Crippen molar-refractivity contribution in [3.63, 3.8) is 0 Å². The summed E-state index contributed by atoms with van der Waals surface area (Å²) in [6.07, 6.45) is 3.88. The Hall–Kier alpha value is -2.86. The van der Waals surface area contributed by atoms with Crippen LogP contribution in [0.4, 0.5) is 0 Å². The highest BCUT2D eigenvalue weighted by Crippen LogP contribution is 2.38. The van der Waals surface area contributed by atoms with E-state index in [1.807, 2.05) is 30.7 Å². The Balaban J connectivity index is 1.96. The minimum atomic E-state index is -0.151. The van der Waals surface area contributed by atoms with E-state index in [4.69, 9.17) is 14.2 Å². The van der Waals surface area contributed by atoms with Crippen LogP contribution in [-0.2, 0) is 0 Å². The second-order valence-corrected chi connectivity index (χ2v) is 6.66. The molecule has 0 unspecified atom stereocenters. The smallest absolute Gasteiger partial charge is 0.209 e. The van der Waals surface area contributed by atoms with E-state index in [0.717, 1.165) is 11.1 Å². The number of H-pyrrole nitrogens is 1. The second kappa shape index (κ2) is 8.22. The van der Waals surface area contributed by atoms with Gasteiger partial charge in [0.25, 0.3) is 0 Å². The topological polar surface area (TPSA) is 60.6 Å². The van der Waals surface area contributed by atoms with Gasteiger partial charge in [0, 0.05) is 16.7 Å². The van der Waals surface area contributed by atoms with E-state index in [1.54, 1.807) is 23.9 Å². The number of ketones is 1. The van der Waals surface area contributed by atoms with Crippen LogP contribution in [-0.4, -0.2) is 38.4 Å². The fraction of sp³-hybridized carbons (Fsp3) is 0.190. The zero-order valence-corrected chi connectivity index (χ0v) is 16.5. The standard InChI is InChI=1S/C21H21NO4S/c1-24-18-10-14(11-19(25-2)21(18)26-3)20(23)17-9-15(12-22-17)13-6-5-7-16(8-13)27-4/h5-12,22H,1-4H3. The number of carbonyl (C=O) groups excluding carboxylic acids is 1. The van der Waals surface area contributed by atoms with Gasteiger partial charge in [0.05, 0.1) is 27.0 Å². The van der Waals surface area contributed by atoms with Crippen LogP contribution < -0.4 is 14.2 Å². The molecule has 3 aromatic rings. The van der Waals surface area contributed by atoms with Crippen molar-refractivity contribution in [1.29, 1.82) is 0 Å². The monoisotopic (exact) mass is 383 g/mol. The second-order valence-electron chi connectivity index (χ2n) is 5.78. The third kappa shape index (κ3) is 3.80. The molecule has 0 atom stereocenters. The quantitative estimate of drug-likeness (QED) is 0.475.